The fraction of sp³-hybridized carbons (Fsp3) is 0.476. The average molecular weight is 424 g/mol. The molecule has 0 saturated carbocycles. The van der Waals surface area contributed by atoms with Gasteiger partial charge in [-0.05, 0) is 50.5 Å². The van der Waals surface area contributed by atoms with Crippen LogP contribution in [0.5, 0.6) is 0 Å². The van der Waals surface area contributed by atoms with E-state index in [1.165, 1.54) is 23.9 Å². The van der Waals surface area contributed by atoms with Crippen LogP contribution >= 0.6 is 23.2 Å². The summed E-state index contributed by atoms with van der Waals surface area (Å²) in [6.45, 7) is 6.03. The number of nitrogens with one attached hydrogen (secondary N) is 1. The van der Waals surface area contributed by atoms with Crippen LogP contribution in [-0.2, 0) is 11.2 Å². The fourth-order valence-corrected chi connectivity index (χ4v) is 3.59. The van der Waals surface area contributed by atoms with E-state index in [2.05, 4.69) is 17.3 Å². The summed E-state index contributed by atoms with van der Waals surface area (Å²) in [7, 11) is 0. The number of hydrogen-bond acceptors (Lipinski definition) is 3. The number of benzene rings is 1. The first-order valence-electron chi connectivity index (χ1n) is 9.66. The summed E-state index contributed by atoms with van der Waals surface area (Å²) in [5, 5.41) is 7.95. The Morgan fingerprint density at radius 3 is 2.54 bits per heavy atom. The number of hydrogen-bond donors (Lipinski definition) is 1. The monoisotopic (exact) mass is 423 g/mol. The van der Waals surface area contributed by atoms with Gasteiger partial charge in [-0.15, -0.1) is 0 Å². The SMILES string of the molecule is CCCCCCc1c(C)nn(C(=O)CCC(=O)Nc2ccc(Cl)cc2Cl)c1C. The molecule has 0 aliphatic rings. The second kappa shape index (κ2) is 10.6. The van der Waals surface area contributed by atoms with Gasteiger partial charge in [-0.25, -0.2) is 4.68 Å². The lowest BCUT2D eigenvalue weighted by Gasteiger charge is -2.08. The summed E-state index contributed by atoms with van der Waals surface area (Å²) in [6.07, 6.45) is 5.76. The quantitative estimate of drug-likeness (QED) is 0.503. The Balaban J connectivity index is 1.92. The zero-order valence-electron chi connectivity index (χ0n) is 16.6. The Labute approximate surface area is 176 Å². The van der Waals surface area contributed by atoms with E-state index in [0.717, 1.165) is 29.8 Å². The van der Waals surface area contributed by atoms with Gasteiger partial charge in [-0.1, -0.05) is 49.4 Å². The molecule has 0 bridgehead atoms. The minimum absolute atomic E-state index is 0.0575. The van der Waals surface area contributed by atoms with Crippen molar-refractivity contribution in [3.63, 3.8) is 0 Å². The smallest absolute Gasteiger partial charge is 0.247 e. The lowest BCUT2D eigenvalue weighted by molar-refractivity contribution is -0.116. The van der Waals surface area contributed by atoms with Crippen LogP contribution in [0.15, 0.2) is 18.2 Å². The minimum atomic E-state index is -0.279. The fourth-order valence-electron chi connectivity index (χ4n) is 3.14. The predicted molar refractivity (Wildman–Crippen MR) is 114 cm³/mol. The molecule has 2 aromatic rings. The lowest BCUT2D eigenvalue weighted by Crippen LogP contribution is -2.18. The molecule has 0 spiro atoms. The van der Waals surface area contributed by atoms with Crippen LogP contribution in [0.3, 0.4) is 0 Å². The molecule has 1 amide bonds. The number of aryl methyl sites for hydroxylation is 1. The van der Waals surface area contributed by atoms with Gasteiger partial charge in [0.1, 0.15) is 0 Å². The highest BCUT2D eigenvalue weighted by Crippen LogP contribution is 2.25. The molecule has 0 atom stereocenters. The van der Waals surface area contributed by atoms with Crippen molar-refractivity contribution < 1.29 is 9.59 Å². The Kier molecular flexibility index (Phi) is 8.52. The number of anilines is 1. The molecule has 0 radical (unpaired) electrons. The van der Waals surface area contributed by atoms with Crippen LogP contribution in [0.1, 0.15) is 67.2 Å². The highest BCUT2D eigenvalue weighted by atomic mass is 35.5. The predicted octanol–water partition coefficient (Wildman–Crippen LogP) is 5.99. The van der Waals surface area contributed by atoms with E-state index in [0.29, 0.717) is 15.7 Å². The number of unbranched alkanes of at least 4 members (excludes halogenated alkanes) is 3. The van der Waals surface area contributed by atoms with E-state index in [1.54, 1.807) is 18.2 Å². The maximum Gasteiger partial charge on any atom is 0.247 e. The van der Waals surface area contributed by atoms with Gasteiger partial charge in [0.2, 0.25) is 11.8 Å². The number of amides is 1. The Bertz CT molecular complexity index is 846. The first-order valence-corrected chi connectivity index (χ1v) is 10.4. The number of aromatic nitrogens is 2. The van der Waals surface area contributed by atoms with Gasteiger partial charge in [0, 0.05) is 23.6 Å². The number of carbonyl (C=O) groups is 2. The van der Waals surface area contributed by atoms with Crippen LogP contribution in [0.25, 0.3) is 0 Å². The third kappa shape index (κ3) is 6.08. The molecule has 1 N–H and O–H groups in total. The molecule has 0 fully saturated rings. The van der Waals surface area contributed by atoms with Crippen LogP contribution in [0.2, 0.25) is 10.0 Å². The molecule has 5 nitrogen and oxygen atoms in total. The normalized spacial score (nSPS) is 10.9. The molecule has 0 aliphatic heterocycles. The molecule has 1 aromatic carbocycles. The van der Waals surface area contributed by atoms with Crippen molar-refractivity contribution in [1.29, 1.82) is 0 Å². The molecule has 152 valence electrons. The Morgan fingerprint density at radius 2 is 1.86 bits per heavy atom. The van der Waals surface area contributed by atoms with Crippen LogP contribution < -0.4 is 5.32 Å². The van der Waals surface area contributed by atoms with E-state index < -0.39 is 0 Å². The standard InChI is InChI=1S/C21H27Cl2N3O2/c1-4-5-6-7-8-17-14(2)25-26(15(17)3)21(28)12-11-20(27)24-19-10-9-16(22)13-18(19)23/h9-10,13H,4-8,11-12H2,1-3H3,(H,24,27). The third-order valence-electron chi connectivity index (χ3n) is 4.73. The first kappa shape index (κ1) is 22.4. The van der Waals surface area contributed by atoms with E-state index >= 15 is 0 Å². The maximum atomic E-state index is 12.6. The molecule has 0 unspecified atom stereocenters. The van der Waals surface area contributed by atoms with Crippen molar-refractivity contribution in [2.45, 2.75) is 65.7 Å². The van der Waals surface area contributed by atoms with Gasteiger partial charge >= 0.3 is 0 Å². The van der Waals surface area contributed by atoms with Gasteiger partial charge in [0.25, 0.3) is 0 Å². The summed E-state index contributed by atoms with van der Waals surface area (Å²) >= 11 is 11.9. The maximum absolute atomic E-state index is 12.6. The summed E-state index contributed by atoms with van der Waals surface area (Å²) < 4.78 is 1.44. The van der Waals surface area contributed by atoms with Crippen LogP contribution in [0.4, 0.5) is 5.69 Å². The molecule has 1 heterocycles. The van der Waals surface area contributed by atoms with Crippen molar-refractivity contribution in [2.24, 2.45) is 0 Å². The number of halogens is 2. The molecule has 0 saturated heterocycles. The van der Waals surface area contributed by atoms with E-state index in [9.17, 15) is 9.59 Å². The molecule has 0 aliphatic carbocycles. The lowest BCUT2D eigenvalue weighted by atomic mass is 10.0. The van der Waals surface area contributed by atoms with Gasteiger partial charge < -0.3 is 5.32 Å². The zero-order chi connectivity index (χ0) is 20.7. The summed E-state index contributed by atoms with van der Waals surface area (Å²) in [5.74, 6) is -0.461. The van der Waals surface area contributed by atoms with Crippen molar-refractivity contribution in [3.05, 3.63) is 45.2 Å². The Hall–Kier alpha value is -1.85. The third-order valence-corrected chi connectivity index (χ3v) is 5.28. The van der Waals surface area contributed by atoms with E-state index in [1.807, 2.05) is 13.8 Å². The van der Waals surface area contributed by atoms with E-state index in [-0.39, 0.29) is 24.7 Å². The summed E-state index contributed by atoms with van der Waals surface area (Å²) in [4.78, 5) is 24.7. The van der Waals surface area contributed by atoms with E-state index in [4.69, 9.17) is 23.2 Å². The average Bonchev–Trinajstić information content (AvgIpc) is 2.93. The van der Waals surface area contributed by atoms with Crippen molar-refractivity contribution in [1.82, 2.24) is 9.78 Å². The number of carbonyl (C=O) groups excluding carboxylic acids is 2. The number of rotatable bonds is 9. The van der Waals surface area contributed by atoms with Gasteiger partial charge in [-0.3, -0.25) is 9.59 Å². The van der Waals surface area contributed by atoms with Crippen molar-refractivity contribution in [2.75, 3.05) is 5.32 Å². The topological polar surface area (TPSA) is 64.0 Å². The Morgan fingerprint density at radius 1 is 1.11 bits per heavy atom. The van der Waals surface area contributed by atoms with Gasteiger partial charge in [0.05, 0.1) is 16.4 Å². The first-order chi connectivity index (χ1) is 13.3. The molecular weight excluding hydrogens is 397 g/mol. The second-order valence-electron chi connectivity index (χ2n) is 6.94. The van der Waals surface area contributed by atoms with Crippen LogP contribution in [-0.4, -0.2) is 21.6 Å². The largest absolute Gasteiger partial charge is 0.325 e. The summed E-state index contributed by atoms with van der Waals surface area (Å²) in [5.41, 5.74) is 3.38. The summed E-state index contributed by atoms with van der Waals surface area (Å²) in [6, 6.07) is 4.84. The van der Waals surface area contributed by atoms with Crippen LogP contribution in [0, 0.1) is 13.8 Å². The second-order valence-corrected chi connectivity index (χ2v) is 7.78. The number of nitrogens with zero attached hydrogens (tertiary/aromatic N) is 2. The molecule has 7 heteroatoms. The van der Waals surface area contributed by atoms with Gasteiger partial charge in [-0.2, -0.15) is 5.10 Å². The highest BCUT2D eigenvalue weighted by molar-refractivity contribution is 6.36. The van der Waals surface area contributed by atoms with Gasteiger partial charge in [0.15, 0.2) is 0 Å². The molecule has 1 aromatic heterocycles. The van der Waals surface area contributed by atoms with Crippen molar-refractivity contribution >= 4 is 40.7 Å². The van der Waals surface area contributed by atoms with Crippen molar-refractivity contribution in [3.8, 4) is 0 Å². The molecular formula is C21H27Cl2N3O2. The molecule has 28 heavy (non-hydrogen) atoms. The zero-order valence-corrected chi connectivity index (χ0v) is 18.2. The molecule has 2 rings (SSSR count). The highest BCUT2D eigenvalue weighted by Gasteiger charge is 2.17. The minimum Gasteiger partial charge on any atom is -0.325 e.